The maximum atomic E-state index is 13.4. The molecular formula is C29H19FIrN2O-2. The van der Waals surface area contributed by atoms with Crippen LogP contribution in [0.3, 0.4) is 0 Å². The van der Waals surface area contributed by atoms with Crippen LogP contribution in [0.5, 0.6) is 0 Å². The van der Waals surface area contributed by atoms with Gasteiger partial charge in [0.25, 0.3) is 0 Å². The largest absolute Gasteiger partial charge is 0.500 e. The maximum Gasteiger partial charge on any atom is 0.126 e. The molecule has 34 heavy (non-hydrogen) atoms. The molecule has 0 spiro atoms. The van der Waals surface area contributed by atoms with Crippen LogP contribution in [0, 0.1) is 24.9 Å². The van der Waals surface area contributed by atoms with Gasteiger partial charge in [0.15, 0.2) is 0 Å². The normalized spacial score (nSPS) is 10.4. The number of nitrogens with zero attached hydrogens (tertiary/aromatic N) is 2. The van der Waals surface area contributed by atoms with Gasteiger partial charge in [-0.05, 0) is 42.6 Å². The number of fused-ring (bicyclic) bond motifs is 3. The quantitative estimate of drug-likeness (QED) is 0.189. The van der Waals surface area contributed by atoms with Crippen molar-refractivity contribution in [3.8, 4) is 22.5 Å². The molecule has 3 aromatic carbocycles. The van der Waals surface area contributed by atoms with E-state index >= 15 is 0 Å². The first-order valence-electron chi connectivity index (χ1n) is 10.5. The summed E-state index contributed by atoms with van der Waals surface area (Å²) in [5, 5.41) is 1.84. The fourth-order valence-corrected chi connectivity index (χ4v) is 3.65. The van der Waals surface area contributed by atoms with Gasteiger partial charge in [0, 0.05) is 44.0 Å². The summed E-state index contributed by atoms with van der Waals surface area (Å²) in [4.78, 5) is 8.60. The zero-order chi connectivity index (χ0) is 22.6. The van der Waals surface area contributed by atoms with E-state index in [1.165, 1.54) is 12.1 Å². The number of rotatable bonds is 2. The van der Waals surface area contributed by atoms with Crippen molar-refractivity contribution in [1.29, 1.82) is 0 Å². The first-order valence-corrected chi connectivity index (χ1v) is 10.5. The first kappa shape index (κ1) is 23.5. The third-order valence-corrected chi connectivity index (χ3v) is 5.22. The molecule has 0 saturated carbocycles. The van der Waals surface area contributed by atoms with Crippen molar-refractivity contribution < 1.29 is 28.9 Å². The number of furan rings is 1. The molecule has 6 aromatic rings. The summed E-state index contributed by atoms with van der Waals surface area (Å²) in [6.45, 7) is 2.01. The second-order valence-corrected chi connectivity index (χ2v) is 7.55. The molecule has 0 amide bonds. The molecule has 1 radical (unpaired) electrons. The van der Waals surface area contributed by atoms with Gasteiger partial charge in [0.05, 0.1) is 5.58 Å². The number of benzene rings is 3. The van der Waals surface area contributed by atoms with Crippen LogP contribution in [0.4, 0.5) is 4.39 Å². The summed E-state index contributed by atoms with van der Waals surface area (Å²) in [5.41, 5.74) is 5.96. The Bertz CT molecular complexity index is 1490. The Kier molecular flexibility index (Phi) is 7.27. The Morgan fingerprint density at radius 2 is 1.62 bits per heavy atom. The van der Waals surface area contributed by atoms with Crippen molar-refractivity contribution in [2.24, 2.45) is 0 Å². The van der Waals surface area contributed by atoms with Gasteiger partial charge in [0.1, 0.15) is 11.4 Å². The fraction of sp³-hybridized carbons (Fsp3) is 0.0345. The minimum Gasteiger partial charge on any atom is -0.500 e. The molecule has 0 aliphatic carbocycles. The average molecular weight is 623 g/mol. The molecule has 0 aliphatic heterocycles. The van der Waals surface area contributed by atoms with E-state index in [-0.39, 0.29) is 25.9 Å². The summed E-state index contributed by atoms with van der Waals surface area (Å²) in [6.07, 6.45) is 3.55. The molecule has 0 saturated heterocycles. The minimum atomic E-state index is -0.305. The third-order valence-electron chi connectivity index (χ3n) is 5.22. The van der Waals surface area contributed by atoms with Crippen LogP contribution in [-0.4, -0.2) is 9.97 Å². The molecule has 6 rings (SSSR count). The van der Waals surface area contributed by atoms with Crippen LogP contribution in [0.1, 0.15) is 5.56 Å². The van der Waals surface area contributed by atoms with Crippen molar-refractivity contribution in [3.05, 3.63) is 121 Å². The maximum absolute atomic E-state index is 13.4. The van der Waals surface area contributed by atoms with Gasteiger partial charge in [-0.1, -0.05) is 34.7 Å². The van der Waals surface area contributed by atoms with E-state index in [2.05, 4.69) is 22.1 Å². The molecule has 3 aromatic heterocycles. The van der Waals surface area contributed by atoms with Gasteiger partial charge >= 0.3 is 0 Å². The predicted molar refractivity (Wildman–Crippen MR) is 129 cm³/mol. The van der Waals surface area contributed by atoms with E-state index in [9.17, 15) is 4.39 Å². The first-order chi connectivity index (χ1) is 16.2. The van der Waals surface area contributed by atoms with E-state index < -0.39 is 0 Å². The number of halogens is 1. The molecule has 0 unspecified atom stereocenters. The Labute approximate surface area is 210 Å². The number of hydrogen-bond donors (Lipinski definition) is 0. The van der Waals surface area contributed by atoms with Crippen molar-refractivity contribution in [2.45, 2.75) is 6.92 Å². The topological polar surface area (TPSA) is 38.9 Å². The van der Waals surface area contributed by atoms with Gasteiger partial charge in [0.2, 0.25) is 0 Å². The van der Waals surface area contributed by atoms with Crippen molar-refractivity contribution in [3.63, 3.8) is 0 Å². The molecule has 0 fully saturated rings. The molecule has 0 atom stereocenters. The van der Waals surface area contributed by atoms with Gasteiger partial charge in [-0.25, -0.2) is 4.39 Å². The van der Waals surface area contributed by atoms with Crippen LogP contribution in [0.25, 0.3) is 44.5 Å². The van der Waals surface area contributed by atoms with E-state index in [1.807, 2.05) is 73.7 Å². The summed E-state index contributed by atoms with van der Waals surface area (Å²) < 4.78 is 19.2. The van der Waals surface area contributed by atoms with E-state index in [4.69, 9.17) is 4.42 Å². The Morgan fingerprint density at radius 3 is 2.38 bits per heavy atom. The third kappa shape index (κ3) is 4.96. The van der Waals surface area contributed by atoms with Crippen LogP contribution >= 0.6 is 0 Å². The van der Waals surface area contributed by atoms with Gasteiger partial charge < -0.3 is 14.4 Å². The minimum absolute atomic E-state index is 0. The molecule has 0 N–H and O–H groups in total. The monoisotopic (exact) mass is 623 g/mol. The molecule has 0 aliphatic rings. The summed E-state index contributed by atoms with van der Waals surface area (Å²) in [6, 6.07) is 32.3. The van der Waals surface area contributed by atoms with Gasteiger partial charge in [-0.15, -0.1) is 54.1 Å². The SMILES string of the molecule is Cc1ccnc(-c2[c-]ccc3c2oc2cc(F)ccc23)c1.[Ir].[c-]1ccccc1-c1ccccn1. The van der Waals surface area contributed by atoms with Crippen LogP contribution in [0.2, 0.25) is 0 Å². The summed E-state index contributed by atoms with van der Waals surface area (Å²) in [7, 11) is 0. The summed E-state index contributed by atoms with van der Waals surface area (Å²) in [5.74, 6) is -0.305. The number of pyridine rings is 2. The number of hydrogen-bond acceptors (Lipinski definition) is 3. The molecule has 3 nitrogen and oxygen atoms in total. The van der Waals surface area contributed by atoms with Crippen LogP contribution < -0.4 is 0 Å². The zero-order valence-corrected chi connectivity index (χ0v) is 20.6. The van der Waals surface area contributed by atoms with Crippen molar-refractivity contribution >= 4 is 21.9 Å². The molecule has 169 valence electrons. The number of aromatic nitrogens is 2. The van der Waals surface area contributed by atoms with Crippen molar-refractivity contribution in [2.75, 3.05) is 0 Å². The smallest absolute Gasteiger partial charge is 0.126 e. The number of aryl methyl sites for hydroxylation is 1. The van der Waals surface area contributed by atoms with Gasteiger partial charge in [-0.2, -0.15) is 0 Å². The molecule has 3 heterocycles. The Morgan fingerprint density at radius 1 is 0.765 bits per heavy atom. The predicted octanol–water partition coefficient (Wildman–Crippen LogP) is 7.44. The van der Waals surface area contributed by atoms with Crippen LogP contribution in [0.15, 0.2) is 102 Å². The zero-order valence-electron chi connectivity index (χ0n) is 18.3. The Balaban J connectivity index is 0.000000180. The Hall–Kier alpha value is -3.66. The fourth-order valence-electron chi connectivity index (χ4n) is 3.65. The second-order valence-electron chi connectivity index (χ2n) is 7.55. The molecular weight excluding hydrogens is 604 g/mol. The van der Waals surface area contributed by atoms with Gasteiger partial charge in [-0.3, -0.25) is 0 Å². The van der Waals surface area contributed by atoms with E-state index in [0.29, 0.717) is 11.2 Å². The standard InChI is InChI=1S/C18H11FNO.C11H8N.Ir/c1-11-7-8-20-16(9-11)15-4-2-3-14-13-6-5-12(19)10-17(13)21-18(14)15;1-2-6-10(7-3-1)11-8-4-5-9-12-11;/h2-3,5-10H,1H3;1-6,8-9H;/q2*-1;. The molecule has 5 heteroatoms. The molecule has 0 bridgehead atoms. The van der Waals surface area contributed by atoms with E-state index in [0.717, 1.165) is 38.9 Å². The average Bonchev–Trinajstić information content (AvgIpc) is 3.23. The van der Waals surface area contributed by atoms with E-state index in [1.54, 1.807) is 18.5 Å². The summed E-state index contributed by atoms with van der Waals surface area (Å²) >= 11 is 0. The van der Waals surface area contributed by atoms with Crippen LogP contribution in [-0.2, 0) is 20.1 Å². The van der Waals surface area contributed by atoms with Crippen molar-refractivity contribution in [1.82, 2.24) is 9.97 Å². The second kappa shape index (κ2) is 10.5.